The third kappa shape index (κ3) is 3.70. The first-order chi connectivity index (χ1) is 10.7. The summed E-state index contributed by atoms with van der Waals surface area (Å²) in [4.78, 5) is 26.6. The van der Waals surface area contributed by atoms with Gasteiger partial charge < -0.3 is 15.1 Å². The van der Waals surface area contributed by atoms with Crippen LogP contribution in [0.15, 0.2) is 6.07 Å². The number of carboxylic acid groups (broad SMARTS) is 1. The molecule has 1 aliphatic heterocycles. The van der Waals surface area contributed by atoms with Crippen LogP contribution < -0.4 is 0 Å². The molecular weight excluding hydrogens is 300 g/mol. The van der Waals surface area contributed by atoms with Gasteiger partial charge in [0.05, 0.1) is 24.4 Å². The molecule has 1 saturated heterocycles. The number of nitrogens with zero attached hydrogens (tertiary/aromatic N) is 4. The number of hydrogen-bond acceptors (Lipinski definition) is 5. The van der Waals surface area contributed by atoms with Crippen molar-refractivity contribution in [3.63, 3.8) is 0 Å². The first-order valence-corrected chi connectivity index (χ1v) is 7.62. The van der Waals surface area contributed by atoms with E-state index in [4.69, 9.17) is 5.11 Å². The summed E-state index contributed by atoms with van der Waals surface area (Å²) < 4.78 is 1.68. The normalized spacial score (nSPS) is 22.6. The first-order valence-electron chi connectivity index (χ1n) is 7.62. The van der Waals surface area contributed by atoms with Gasteiger partial charge in [0.2, 0.25) is 5.91 Å². The van der Waals surface area contributed by atoms with E-state index in [2.05, 4.69) is 5.10 Å². The zero-order valence-electron chi connectivity index (χ0n) is 13.9. The van der Waals surface area contributed by atoms with Crippen LogP contribution in [0.3, 0.4) is 0 Å². The van der Waals surface area contributed by atoms with E-state index in [1.165, 1.54) is 0 Å². The lowest BCUT2D eigenvalue weighted by atomic mass is 10.2. The number of aliphatic carboxylic acids is 1. The standard InChI is InChI=1S/C15H24N4O4/c1-9-5-10(2)19(16-9)11(3)15(23)18-6-12(13(20)7-18)17(4)8-14(21)22/h5,11-13,20H,6-8H2,1-4H3,(H,21,22)/t11?,12?,13-/m1/s1. The molecule has 1 fully saturated rings. The van der Waals surface area contributed by atoms with Crippen LogP contribution in [0.5, 0.6) is 0 Å². The Morgan fingerprint density at radius 1 is 1.43 bits per heavy atom. The number of carbonyl (C=O) groups excluding carboxylic acids is 1. The molecule has 2 rings (SSSR count). The fourth-order valence-electron chi connectivity index (χ4n) is 3.12. The molecule has 23 heavy (non-hydrogen) atoms. The molecule has 128 valence electrons. The van der Waals surface area contributed by atoms with Gasteiger partial charge >= 0.3 is 5.97 Å². The Hall–Kier alpha value is -1.93. The second kappa shape index (κ2) is 6.67. The van der Waals surface area contributed by atoms with E-state index < -0.39 is 18.1 Å². The summed E-state index contributed by atoms with van der Waals surface area (Å²) in [7, 11) is 1.64. The molecule has 1 aliphatic rings. The number of carboxylic acids is 1. The van der Waals surface area contributed by atoms with Crippen molar-refractivity contribution in [2.45, 2.75) is 39.0 Å². The molecule has 0 aromatic carbocycles. The number of β-amino-alcohol motifs (C(OH)–C–C–N with tert-alkyl or cyclic N) is 1. The van der Waals surface area contributed by atoms with Crippen LogP contribution in [-0.2, 0) is 9.59 Å². The van der Waals surface area contributed by atoms with E-state index in [0.717, 1.165) is 11.4 Å². The van der Waals surface area contributed by atoms with Crippen molar-refractivity contribution in [3.8, 4) is 0 Å². The van der Waals surface area contributed by atoms with Gasteiger partial charge in [0, 0.05) is 18.8 Å². The zero-order valence-corrected chi connectivity index (χ0v) is 13.9. The zero-order chi connectivity index (χ0) is 17.3. The van der Waals surface area contributed by atoms with Crippen molar-refractivity contribution in [2.24, 2.45) is 0 Å². The van der Waals surface area contributed by atoms with Crippen LogP contribution in [-0.4, -0.2) is 80.5 Å². The van der Waals surface area contributed by atoms with E-state index in [1.807, 2.05) is 19.9 Å². The molecule has 3 atom stereocenters. The molecule has 0 aliphatic carbocycles. The highest BCUT2D eigenvalue weighted by Crippen LogP contribution is 2.20. The van der Waals surface area contributed by atoms with Crippen molar-refractivity contribution in [3.05, 3.63) is 17.5 Å². The second-order valence-electron chi connectivity index (χ2n) is 6.23. The van der Waals surface area contributed by atoms with Crippen molar-refractivity contribution >= 4 is 11.9 Å². The van der Waals surface area contributed by atoms with Gasteiger partial charge in [-0.25, -0.2) is 0 Å². The number of likely N-dealkylation sites (tertiary alicyclic amines) is 1. The molecule has 0 radical (unpaired) electrons. The quantitative estimate of drug-likeness (QED) is 0.768. The average Bonchev–Trinajstić information content (AvgIpc) is 2.99. The number of aliphatic hydroxyl groups excluding tert-OH is 1. The maximum Gasteiger partial charge on any atom is 0.317 e. The van der Waals surface area contributed by atoms with Gasteiger partial charge in [-0.1, -0.05) is 0 Å². The Morgan fingerprint density at radius 3 is 2.61 bits per heavy atom. The van der Waals surface area contributed by atoms with Crippen LogP contribution in [0.1, 0.15) is 24.4 Å². The molecule has 2 N–H and O–H groups in total. The lowest BCUT2D eigenvalue weighted by molar-refractivity contribution is -0.138. The number of likely N-dealkylation sites (N-methyl/N-ethyl adjacent to an activating group) is 1. The van der Waals surface area contributed by atoms with Gasteiger partial charge in [-0.3, -0.25) is 19.2 Å². The molecule has 0 spiro atoms. The molecule has 2 unspecified atom stereocenters. The van der Waals surface area contributed by atoms with Crippen molar-refractivity contribution in [2.75, 3.05) is 26.7 Å². The van der Waals surface area contributed by atoms with Gasteiger partial charge in [-0.15, -0.1) is 0 Å². The topological polar surface area (TPSA) is 98.9 Å². The largest absolute Gasteiger partial charge is 0.480 e. The van der Waals surface area contributed by atoms with Crippen LogP contribution in [0.2, 0.25) is 0 Å². The van der Waals surface area contributed by atoms with E-state index >= 15 is 0 Å². The van der Waals surface area contributed by atoms with Crippen molar-refractivity contribution in [1.29, 1.82) is 0 Å². The number of amides is 1. The molecule has 2 heterocycles. The highest BCUT2D eigenvalue weighted by molar-refractivity contribution is 5.80. The highest BCUT2D eigenvalue weighted by atomic mass is 16.4. The lowest BCUT2D eigenvalue weighted by Crippen LogP contribution is -2.43. The molecule has 1 amide bonds. The fraction of sp³-hybridized carbons (Fsp3) is 0.667. The Bertz CT molecular complexity index is 600. The van der Waals surface area contributed by atoms with E-state index in [0.29, 0.717) is 6.54 Å². The monoisotopic (exact) mass is 324 g/mol. The minimum Gasteiger partial charge on any atom is -0.480 e. The van der Waals surface area contributed by atoms with Crippen LogP contribution in [0, 0.1) is 13.8 Å². The number of aliphatic hydroxyl groups is 1. The van der Waals surface area contributed by atoms with Crippen molar-refractivity contribution < 1.29 is 19.8 Å². The van der Waals surface area contributed by atoms with Crippen LogP contribution in [0.25, 0.3) is 0 Å². The van der Waals surface area contributed by atoms with Gasteiger partial charge in [0.15, 0.2) is 0 Å². The van der Waals surface area contributed by atoms with Gasteiger partial charge in [0.25, 0.3) is 0 Å². The van der Waals surface area contributed by atoms with Gasteiger partial charge in [-0.2, -0.15) is 5.10 Å². The highest BCUT2D eigenvalue weighted by Gasteiger charge is 2.38. The summed E-state index contributed by atoms with van der Waals surface area (Å²) in [6.07, 6.45) is -0.754. The number of aryl methyl sites for hydroxylation is 2. The Morgan fingerprint density at radius 2 is 2.09 bits per heavy atom. The van der Waals surface area contributed by atoms with Gasteiger partial charge in [-0.05, 0) is 33.9 Å². The van der Waals surface area contributed by atoms with E-state index in [-0.39, 0.29) is 25.0 Å². The van der Waals surface area contributed by atoms with E-state index in [1.54, 1.807) is 28.5 Å². The Balaban J connectivity index is 2.06. The predicted molar refractivity (Wildman–Crippen MR) is 83.1 cm³/mol. The summed E-state index contributed by atoms with van der Waals surface area (Å²) in [5, 5.41) is 23.3. The Kier molecular flexibility index (Phi) is 5.06. The molecular formula is C15H24N4O4. The summed E-state index contributed by atoms with van der Waals surface area (Å²) in [5.41, 5.74) is 1.75. The third-order valence-electron chi connectivity index (χ3n) is 4.29. The molecule has 1 aromatic heterocycles. The maximum absolute atomic E-state index is 12.7. The third-order valence-corrected chi connectivity index (χ3v) is 4.29. The molecule has 0 bridgehead atoms. The number of rotatable bonds is 5. The summed E-state index contributed by atoms with van der Waals surface area (Å²) >= 11 is 0. The predicted octanol–water partition coefficient (Wildman–Crippen LogP) is -0.351. The first kappa shape index (κ1) is 17.4. The number of hydrogen-bond donors (Lipinski definition) is 2. The number of aromatic nitrogens is 2. The smallest absolute Gasteiger partial charge is 0.317 e. The Labute approximate surface area is 135 Å². The molecule has 0 saturated carbocycles. The lowest BCUT2D eigenvalue weighted by Gasteiger charge is -2.25. The summed E-state index contributed by atoms with van der Waals surface area (Å²) in [6.45, 7) is 5.90. The average molecular weight is 324 g/mol. The SMILES string of the molecule is Cc1cc(C)n(C(C)C(=O)N2CC(N(C)CC(=O)O)[C@H](O)C2)n1. The maximum atomic E-state index is 12.7. The fourth-order valence-corrected chi connectivity index (χ4v) is 3.12. The van der Waals surface area contributed by atoms with Crippen LogP contribution in [0.4, 0.5) is 0 Å². The molecule has 8 heteroatoms. The minimum absolute atomic E-state index is 0.124. The van der Waals surface area contributed by atoms with Crippen LogP contribution >= 0.6 is 0 Å². The van der Waals surface area contributed by atoms with E-state index in [9.17, 15) is 14.7 Å². The summed E-state index contributed by atoms with van der Waals surface area (Å²) in [6, 6.07) is 1.08. The minimum atomic E-state index is -0.958. The summed E-state index contributed by atoms with van der Waals surface area (Å²) in [5.74, 6) is -1.08. The van der Waals surface area contributed by atoms with Crippen molar-refractivity contribution in [1.82, 2.24) is 19.6 Å². The second-order valence-corrected chi connectivity index (χ2v) is 6.23. The molecule has 8 nitrogen and oxygen atoms in total. The number of carbonyl (C=O) groups is 2. The van der Waals surface area contributed by atoms with Gasteiger partial charge in [0.1, 0.15) is 6.04 Å². The molecule has 1 aromatic rings.